The minimum atomic E-state index is 0.208. The monoisotopic (exact) mass is 233 g/mol. The fraction of sp³-hybridized carbons (Fsp3) is 0.500. The predicted molar refractivity (Wildman–Crippen MR) is 62.5 cm³/mol. The van der Waals surface area contributed by atoms with Crippen LogP contribution in [-0.2, 0) is 0 Å². The zero-order valence-corrected chi connectivity index (χ0v) is 9.41. The second kappa shape index (κ2) is 4.00. The first-order valence-corrected chi connectivity index (χ1v) is 5.82. The van der Waals surface area contributed by atoms with E-state index < -0.39 is 0 Å². The lowest BCUT2D eigenvalue weighted by atomic mass is 9.88. The van der Waals surface area contributed by atoms with E-state index in [1.54, 1.807) is 0 Å². The number of anilines is 1. The molecule has 1 aliphatic carbocycles. The van der Waals surface area contributed by atoms with Gasteiger partial charge in [0.05, 0.1) is 12.3 Å². The first kappa shape index (κ1) is 10.5. The van der Waals surface area contributed by atoms with Crippen LogP contribution < -0.4 is 10.5 Å². The molecule has 3 rings (SSSR count). The summed E-state index contributed by atoms with van der Waals surface area (Å²) < 4.78 is 5.58. The van der Waals surface area contributed by atoms with Crippen molar-refractivity contribution in [1.29, 1.82) is 0 Å². The van der Waals surface area contributed by atoms with Crippen molar-refractivity contribution in [2.24, 2.45) is 11.8 Å². The Balaban J connectivity index is 1.85. The van der Waals surface area contributed by atoms with Crippen LogP contribution >= 0.6 is 0 Å². The maximum Gasteiger partial charge on any atom is 0.183 e. The van der Waals surface area contributed by atoms with Gasteiger partial charge in [-0.3, -0.25) is 0 Å². The molecule has 1 aromatic rings. The number of nitrogens with two attached hydrogens (primary N) is 1. The molecule has 0 saturated heterocycles. The smallest absolute Gasteiger partial charge is 0.183 e. The van der Waals surface area contributed by atoms with Gasteiger partial charge >= 0.3 is 0 Å². The van der Waals surface area contributed by atoms with E-state index in [4.69, 9.17) is 15.6 Å². The van der Waals surface area contributed by atoms with E-state index in [1.807, 2.05) is 0 Å². The number of rotatable bonds is 2. The van der Waals surface area contributed by atoms with E-state index in [0.717, 1.165) is 12.1 Å². The minimum Gasteiger partial charge on any atom is -0.487 e. The largest absolute Gasteiger partial charge is 0.487 e. The fourth-order valence-electron chi connectivity index (χ4n) is 2.63. The molecule has 17 heavy (non-hydrogen) atoms. The van der Waals surface area contributed by atoms with Gasteiger partial charge in [-0.05, 0) is 12.3 Å². The molecule has 0 amide bonds. The topological polar surface area (TPSA) is 81.3 Å². The third kappa shape index (κ3) is 1.67. The van der Waals surface area contributed by atoms with Gasteiger partial charge in [0.2, 0.25) is 0 Å². The molecule has 1 aromatic heterocycles. The number of allylic oxidation sites excluding steroid dienone is 1. The molecule has 5 nitrogen and oxygen atoms in total. The van der Waals surface area contributed by atoms with E-state index in [1.165, 1.54) is 6.33 Å². The van der Waals surface area contributed by atoms with E-state index in [0.29, 0.717) is 24.1 Å². The van der Waals surface area contributed by atoms with Crippen LogP contribution in [0.25, 0.3) is 0 Å². The van der Waals surface area contributed by atoms with Gasteiger partial charge in [0.15, 0.2) is 11.6 Å². The van der Waals surface area contributed by atoms with Crippen LogP contribution in [-0.4, -0.2) is 28.3 Å². The van der Waals surface area contributed by atoms with Crippen LogP contribution in [0.1, 0.15) is 18.0 Å². The fourth-order valence-corrected chi connectivity index (χ4v) is 2.63. The van der Waals surface area contributed by atoms with Crippen LogP contribution in [0.4, 0.5) is 5.82 Å². The van der Waals surface area contributed by atoms with Gasteiger partial charge in [-0.15, -0.1) is 0 Å². The number of hydrogen-bond donors (Lipinski definition) is 2. The molecule has 3 atom stereocenters. The zero-order chi connectivity index (χ0) is 11.8. The molecule has 2 aliphatic rings. The van der Waals surface area contributed by atoms with Gasteiger partial charge in [-0.2, -0.15) is 0 Å². The van der Waals surface area contributed by atoms with Crippen molar-refractivity contribution in [3.8, 4) is 5.75 Å². The Hall–Kier alpha value is -1.62. The molecular weight excluding hydrogens is 218 g/mol. The summed E-state index contributed by atoms with van der Waals surface area (Å²) in [5.74, 6) is 1.94. The van der Waals surface area contributed by atoms with Crippen LogP contribution in [0.2, 0.25) is 0 Å². The summed E-state index contributed by atoms with van der Waals surface area (Å²) in [5.41, 5.74) is 6.66. The minimum absolute atomic E-state index is 0.208. The molecule has 0 fully saturated rings. The Labute approximate surface area is 99.3 Å². The van der Waals surface area contributed by atoms with Gasteiger partial charge < -0.3 is 15.6 Å². The van der Waals surface area contributed by atoms with Crippen molar-refractivity contribution in [3.63, 3.8) is 0 Å². The molecule has 90 valence electrons. The van der Waals surface area contributed by atoms with Gasteiger partial charge in [0.1, 0.15) is 6.33 Å². The summed E-state index contributed by atoms with van der Waals surface area (Å²) >= 11 is 0. The second-order valence-electron chi connectivity index (χ2n) is 4.62. The Morgan fingerprint density at radius 1 is 1.41 bits per heavy atom. The first-order chi connectivity index (χ1) is 8.29. The number of aromatic nitrogens is 2. The third-order valence-corrected chi connectivity index (χ3v) is 3.57. The lowest BCUT2D eigenvalue weighted by molar-refractivity contribution is 0.233. The highest BCUT2D eigenvalue weighted by Gasteiger charge is 2.35. The molecule has 0 bridgehead atoms. The molecule has 0 saturated carbocycles. The summed E-state index contributed by atoms with van der Waals surface area (Å²) in [7, 11) is 0. The normalized spacial score (nSPS) is 30.3. The standard InChI is InChI=1S/C12H15N3O2/c13-12-11-10(14-6-15-12)9(5-17-11)8-2-1-7(3-8)4-16/h1-2,6-9,16H,3-5H2,(H2,13,14,15). The lowest BCUT2D eigenvalue weighted by Gasteiger charge is -2.15. The number of aliphatic hydroxyl groups is 1. The van der Waals surface area contributed by atoms with Crippen LogP contribution in [0.5, 0.6) is 5.75 Å². The second-order valence-corrected chi connectivity index (χ2v) is 4.62. The van der Waals surface area contributed by atoms with Crippen molar-refractivity contribution in [3.05, 3.63) is 24.2 Å². The van der Waals surface area contributed by atoms with E-state index in [-0.39, 0.29) is 18.4 Å². The Bertz CT molecular complexity index is 461. The molecule has 0 radical (unpaired) electrons. The van der Waals surface area contributed by atoms with E-state index in [2.05, 4.69) is 22.1 Å². The molecule has 5 heteroatoms. The van der Waals surface area contributed by atoms with Crippen molar-refractivity contribution >= 4 is 5.82 Å². The number of fused-ring (bicyclic) bond motifs is 1. The highest BCUT2D eigenvalue weighted by Crippen LogP contribution is 2.43. The Morgan fingerprint density at radius 2 is 2.29 bits per heavy atom. The predicted octanol–water partition coefficient (Wildman–Crippen LogP) is 0.719. The number of aliphatic hydroxyl groups excluding tert-OH is 1. The SMILES string of the molecule is Nc1ncnc2c1OCC2C1C=CC(CO)C1. The van der Waals surface area contributed by atoms with Gasteiger partial charge in [0, 0.05) is 18.4 Å². The van der Waals surface area contributed by atoms with E-state index >= 15 is 0 Å². The molecule has 1 aliphatic heterocycles. The maximum atomic E-state index is 9.14. The van der Waals surface area contributed by atoms with Crippen molar-refractivity contribution in [1.82, 2.24) is 9.97 Å². The molecule has 3 unspecified atom stereocenters. The molecular formula is C12H15N3O2. The Kier molecular flexibility index (Phi) is 2.48. The highest BCUT2D eigenvalue weighted by molar-refractivity contribution is 5.51. The van der Waals surface area contributed by atoms with Gasteiger partial charge in [-0.1, -0.05) is 12.2 Å². The summed E-state index contributed by atoms with van der Waals surface area (Å²) in [6.45, 7) is 0.810. The van der Waals surface area contributed by atoms with Crippen LogP contribution in [0.15, 0.2) is 18.5 Å². The highest BCUT2D eigenvalue weighted by atomic mass is 16.5. The first-order valence-electron chi connectivity index (χ1n) is 5.82. The molecule has 0 aromatic carbocycles. The van der Waals surface area contributed by atoms with Gasteiger partial charge in [-0.25, -0.2) is 9.97 Å². The van der Waals surface area contributed by atoms with Crippen molar-refractivity contribution in [2.75, 3.05) is 18.9 Å². The molecule has 0 spiro atoms. The quantitative estimate of drug-likeness (QED) is 0.735. The van der Waals surface area contributed by atoms with Crippen LogP contribution in [0, 0.1) is 11.8 Å². The number of nitrogens with zero attached hydrogens (tertiary/aromatic N) is 2. The number of hydrogen-bond acceptors (Lipinski definition) is 5. The Morgan fingerprint density at radius 3 is 3.06 bits per heavy atom. The summed E-state index contributed by atoms with van der Waals surface area (Å²) in [6, 6.07) is 0. The lowest BCUT2D eigenvalue weighted by Crippen LogP contribution is -2.13. The molecule has 3 N–H and O–H groups in total. The van der Waals surface area contributed by atoms with Crippen molar-refractivity contribution in [2.45, 2.75) is 12.3 Å². The van der Waals surface area contributed by atoms with Crippen LogP contribution in [0.3, 0.4) is 0 Å². The number of nitrogen functional groups attached to an aromatic ring is 1. The third-order valence-electron chi connectivity index (χ3n) is 3.57. The summed E-state index contributed by atoms with van der Waals surface area (Å²) in [5, 5.41) is 9.14. The summed E-state index contributed by atoms with van der Waals surface area (Å²) in [4.78, 5) is 8.21. The zero-order valence-electron chi connectivity index (χ0n) is 9.41. The van der Waals surface area contributed by atoms with Gasteiger partial charge in [0.25, 0.3) is 0 Å². The average Bonchev–Trinajstić information content (AvgIpc) is 2.94. The molecule has 2 heterocycles. The van der Waals surface area contributed by atoms with E-state index in [9.17, 15) is 0 Å². The van der Waals surface area contributed by atoms with Crippen molar-refractivity contribution < 1.29 is 9.84 Å². The average molecular weight is 233 g/mol. The number of ether oxygens (including phenoxy) is 1. The maximum absolute atomic E-state index is 9.14. The summed E-state index contributed by atoms with van der Waals surface area (Å²) in [6.07, 6.45) is 6.67.